The first-order valence-corrected chi connectivity index (χ1v) is 4.42. The summed E-state index contributed by atoms with van der Waals surface area (Å²) in [6.45, 7) is 5.77. The third-order valence-corrected chi connectivity index (χ3v) is 2.56. The molecule has 2 atom stereocenters. The Morgan fingerprint density at radius 1 is 1.57 bits per heavy atom. The molecule has 0 radical (unpaired) electrons. The molecule has 2 rings (SSSR count). The Hall–Kier alpha value is 0.0439. The largest absolute Gasteiger partial charge is 3.00 e. The molecule has 1 amide bonds. The van der Waals surface area contributed by atoms with Crippen molar-refractivity contribution in [2.24, 2.45) is 0 Å². The normalized spacial score (nSPS) is 36.1. The van der Waals surface area contributed by atoms with E-state index in [2.05, 4.69) is 6.92 Å². The predicted molar refractivity (Wildman–Crippen MR) is 44.6 cm³/mol. The van der Waals surface area contributed by atoms with E-state index in [1.165, 1.54) is 6.92 Å². The van der Waals surface area contributed by atoms with Gasteiger partial charge in [-0.2, -0.15) is 0 Å². The average Bonchev–Trinajstić information content (AvgIpc) is 2.47. The number of carbonyl (C=O) groups excluding carboxylic acids is 2. The molecule has 72 valence electrons. The van der Waals surface area contributed by atoms with Crippen molar-refractivity contribution < 1.29 is 47.0 Å². The number of morpholine rings is 1. The van der Waals surface area contributed by atoms with Crippen LogP contribution in [0.4, 0.5) is 0 Å². The Labute approximate surface area is 108 Å². The molecule has 0 aromatic rings. The monoisotopic (exact) mass is 271 g/mol. The van der Waals surface area contributed by atoms with E-state index in [4.69, 9.17) is 4.74 Å². The fourth-order valence-corrected chi connectivity index (χ4v) is 1.89. The van der Waals surface area contributed by atoms with Gasteiger partial charge in [0.2, 0.25) is 5.91 Å². The first-order chi connectivity index (χ1) is 6.02. The van der Waals surface area contributed by atoms with Gasteiger partial charge in [-0.25, -0.2) is 4.79 Å². The van der Waals surface area contributed by atoms with Gasteiger partial charge < -0.3 is 9.64 Å². The second-order valence-corrected chi connectivity index (χ2v) is 3.81. The minimum absolute atomic E-state index is 0. The Morgan fingerprint density at radius 3 is 2.86 bits per heavy atom. The van der Waals surface area contributed by atoms with Crippen LogP contribution in [0.2, 0.25) is 0 Å². The van der Waals surface area contributed by atoms with Crippen LogP contribution in [-0.4, -0.2) is 35.0 Å². The number of fused-ring (bicyclic) bond motifs is 1. The van der Waals surface area contributed by atoms with E-state index >= 15 is 0 Å². The zero-order valence-electron chi connectivity index (χ0n) is 8.16. The predicted octanol–water partition coefficient (Wildman–Crippen LogP) is 0.124. The second kappa shape index (κ2) is 3.89. The second-order valence-electron chi connectivity index (χ2n) is 3.81. The molecule has 2 aliphatic heterocycles. The number of esters is 1. The molecular weight excluding hydrogens is 259 g/mol. The summed E-state index contributed by atoms with van der Waals surface area (Å²) in [5.74, 6) is -0.482. The van der Waals surface area contributed by atoms with E-state index in [-0.39, 0.29) is 50.6 Å². The maximum absolute atomic E-state index is 11.7. The number of hydrogen-bond acceptors (Lipinski definition) is 3. The molecule has 0 saturated carbocycles. The van der Waals surface area contributed by atoms with Gasteiger partial charge >= 0.3 is 38.7 Å². The third kappa shape index (κ3) is 1.74. The molecule has 2 saturated heterocycles. The summed E-state index contributed by atoms with van der Waals surface area (Å²) >= 11 is 0. The van der Waals surface area contributed by atoms with Gasteiger partial charge in [-0.3, -0.25) is 11.7 Å². The van der Waals surface area contributed by atoms with Gasteiger partial charge in [0, 0.05) is 6.54 Å². The fourth-order valence-electron chi connectivity index (χ4n) is 1.89. The summed E-state index contributed by atoms with van der Waals surface area (Å²) in [5.41, 5.74) is -1.21. The summed E-state index contributed by atoms with van der Waals surface area (Å²) in [6, 6.07) is -0.345. The molecule has 2 fully saturated rings. The summed E-state index contributed by atoms with van der Waals surface area (Å²) in [5, 5.41) is 0. The standard InChI is InChI=1S/C9H12NO3.Y/c1-9(2)8(12)10-5-3-4-6(10)7(11)13-9;/h6H,1,3-5H2,2H3;/q-1;+3. The molecule has 0 aromatic heterocycles. The zero-order valence-corrected chi connectivity index (χ0v) is 11.0. The Bertz CT molecular complexity index is 277. The minimum atomic E-state index is -1.21. The molecule has 2 unspecified atom stereocenters. The van der Waals surface area contributed by atoms with Crippen LogP contribution in [-0.2, 0) is 47.0 Å². The van der Waals surface area contributed by atoms with Gasteiger partial charge in [0.25, 0.3) is 0 Å². The quantitative estimate of drug-likeness (QED) is 0.464. The van der Waals surface area contributed by atoms with E-state index in [0.29, 0.717) is 6.54 Å². The van der Waals surface area contributed by atoms with Crippen molar-refractivity contribution in [1.82, 2.24) is 4.90 Å². The van der Waals surface area contributed by atoms with Gasteiger partial charge in [-0.15, -0.1) is 0 Å². The number of rotatable bonds is 0. The SMILES string of the molecule is [CH2-]C1(C)OC(=O)C2CCCN2C1=O.[Y+3]. The Balaban J connectivity index is 0.000000980. The van der Waals surface area contributed by atoms with Crippen molar-refractivity contribution in [3.05, 3.63) is 6.92 Å². The van der Waals surface area contributed by atoms with Crippen LogP contribution >= 0.6 is 0 Å². The summed E-state index contributed by atoms with van der Waals surface area (Å²) in [4.78, 5) is 24.6. The van der Waals surface area contributed by atoms with Gasteiger partial charge in [0.15, 0.2) is 0 Å². The van der Waals surface area contributed by atoms with E-state index in [1.54, 1.807) is 4.90 Å². The van der Waals surface area contributed by atoms with Crippen LogP contribution in [0.15, 0.2) is 0 Å². The number of amides is 1. The van der Waals surface area contributed by atoms with Gasteiger partial charge in [-0.05, 0) is 19.8 Å². The van der Waals surface area contributed by atoms with Crippen LogP contribution in [0.25, 0.3) is 0 Å². The van der Waals surface area contributed by atoms with E-state index in [1.807, 2.05) is 0 Å². The van der Waals surface area contributed by atoms with Crippen LogP contribution in [0.1, 0.15) is 19.8 Å². The fraction of sp³-hybridized carbons (Fsp3) is 0.667. The van der Waals surface area contributed by atoms with Gasteiger partial charge in [-0.1, -0.05) is 0 Å². The number of ether oxygens (including phenoxy) is 1. The molecule has 2 aliphatic rings. The Kier molecular flexibility index (Phi) is 3.37. The van der Waals surface area contributed by atoms with Crippen molar-refractivity contribution in [1.29, 1.82) is 0 Å². The summed E-state index contributed by atoms with van der Waals surface area (Å²) in [6.07, 6.45) is 1.60. The molecule has 2 heterocycles. The van der Waals surface area contributed by atoms with Crippen LogP contribution in [0, 0.1) is 6.92 Å². The molecule has 0 N–H and O–H groups in total. The van der Waals surface area contributed by atoms with Crippen LogP contribution < -0.4 is 0 Å². The molecule has 5 heteroatoms. The number of cyclic esters (lactones) is 1. The van der Waals surface area contributed by atoms with Crippen molar-refractivity contribution in [2.45, 2.75) is 31.4 Å². The van der Waals surface area contributed by atoms with Gasteiger partial charge in [0.1, 0.15) is 6.04 Å². The third-order valence-electron chi connectivity index (χ3n) is 2.56. The molecule has 4 nitrogen and oxygen atoms in total. The summed E-state index contributed by atoms with van der Waals surface area (Å²) in [7, 11) is 0. The summed E-state index contributed by atoms with van der Waals surface area (Å²) < 4.78 is 4.96. The topological polar surface area (TPSA) is 46.6 Å². The van der Waals surface area contributed by atoms with Crippen LogP contribution in [0.5, 0.6) is 0 Å². The zero-order chi connectivity index (χ0) is 9.64. The minimum Gasteiger partial charge on any atom is -0.481 e. The molecule has 0 aromatic carbocycles. The van der Waals surface area contributed by atoms with Crippen LogP contribution in [0.3, 0.4) is 0 Å². The smallest absolute Gasteiger partial charge is 0.481 e. The number of nitrogens with zero attached hydrogens (tertiary/aromatic N) is 1. The molecule has 0 spiro atoms. The van der Waals surface area contributed by atoms with E-state index in [9.17, 15) is 9.59 Å². The average molecular weight is 271 g/mol. The maximum Gasteiger partial charge on any atom is 3.00 e. The maximum atomic E-state index is 11.7. The van der Waals surface area contributed by atoms with Gasteiger partial charge in [0.05, 0.1) is 5.60 Å². The van der Waals surface area contributed by atoms with Crippen molar-refractivity contribution in [2.75, 3.05) is 6.54 Å². The molecular formula is C9H12NO3Y+2. The van der Waals surface area contributed by atoms with Crippen molar-refractivity contribution in [3.63, 3.8) is 0 Å². The molecule has 14 heavy (non-hydrogen) atoms. The first kappa shape index (κ1) is 12.1. The molecule has 0 aliphatic carbocycles. The van der Waals surface area contributed by atoms with Crippen molar-refractivity contribution >= 4 is 11.9 Å². The van der Waals surface area contributed by atoms with E-state index < -0.39 is 5.60 Å². The molecule has 0 bridgehead atoms. The van der Waals surface area contributed by atoms with E-state index in [0.717, 1.165) is 12.8 Å². The number of carbonyl (C=O) groups is 2. The van der Waals surface area contributed by atoms with Crippen molar-refractivity contribution in [3.8, 4) is 0 Å². The Morgan fingerprint density at radius 2 is 2.21 bits per heavy atom. The number of hydrogen-bond donors (Lipinski definition) is 0. The first-order valence-electron chi connectivity index (χ1n) is 4.42.